The number of nitrogens with two attached hydrogens (primary N) is 1. The van der Waals surface area contributed by atoms with Crippen molar-refractivity contribution in [2.45, 2.75) is 26.1 Å². The molecule has 116 valence electrons. The van der Waals surface area contributed by atoms with E-state index in [4.69, 9.17) is 15.2 Å². The molecule has 1 amide bonds. The summed E-state index contributed by atoms with van der Waals surface area (Å²) in [6, 6.07) is 5.15. The summed E-state index contributed by atoms with van der Waals surface area (Å²) in [7, 11) is 0. The zero-order chi connectivity index (χ0) is 15.4. The highest BCUT2D eigenvalue weighted by atomic mass is 16.5. The van der Waals surface area contributed by atoms with Crippen molar-refractivity contribution in [1.82, 2.24) is 4.90 Å². The molecule has 0 spiro atoms. The lowest BCUT2D eigenvalue weighted by Crippen LogP contribution is -2.50. The van der Waals surface area contributed by atoms with Gasteiger partial charge in [0, 0.05) is 13.1 Å². The summed E-state index contributed by atoms with van der Waals surface area (Å²) in [6.07, 6.45) is -0.467. The van der Waals surface area contributed by atoms with E-state index < -0.39 is 0 Å². The minimum absolute atomic E-state index is 0.108. The van der Waals surface area contributed by atoms with Gasteiger partial charge in [-0.3, -0.25) is 4.79 Å². The molecule has 0 radical (unpaired) electrons. The first-order valence-corrected chi connectivity index (χ1v) is 7.13. The number of para-hydroxylation sites is 1. The minimum atomic E-state index is -0.352. The number of carbonyl (C=O) groups excluding carboxylic acids is 1. The van der Waals surface area contributed by atoms with Crippen molar-refractivity contribution in [3.8, 4) is 5.75 Å². The van der Waals surface area contributed by atoms with Crippen LogP contribution in [0.4, 0.5) is 5.69 Å². The quantitative estimate of drug-likeness (QED) is 0.806. The molecule has 1 aromatic carbocycles. The number of rotatable bonds is 4. The van der Waals surface area contributed by atoms with Gasteiger partial charge in [0.25, 0.3) is 5.91 Å². The van der Waals surface area contributed by atoms with Crippen LogP contribution in [0.2, 0.25) is 0 Å². The Morgan fingerprint density at radius 3 is 2.95 bits per heavy atom. The molecule has 6 heteroatoms. The molecule has 0 bridgehead atoms. The molecule has 0 aliphatic carbocycles. The van der Waals surface area contributed by atoms with Crippen molar-refractivity contribution in [2.75, 3.05) is 32.0 Å². The second-order valence-electron chi connectivity index (χ2n) is 5.12. The molecule has 1 saturated heterocycles. The van der Waals surface area contributed by atoms with E-state index in [1.807, 2.05) is 13.8 Å². The number of hydrogen-bond donors (Lipinski definition) is 2. The molecule has 6 nitrogen and oxygen atoms in total. The largest absolute Gasteiger partial charge is 0.491 e. The number of hydrogen-bond acceptors (Lipinski definition) is 5. The van der Waals surface area contributed by atoms with Crippen molar-refractivity contribution >= 4 is 11.6 Å². The van der Waals surface area contributed by atoms with Crippen molar-refractivity contribution in [1.29, 1.82) is 0 Å². The van der Waals surface area contributed by atoms with Gasteiger partial charge in [-0.05, 0) is 26.0 Å². The third-order valence-electron chi connectivity index (χ3n) is 3.38. The van der Waals surface area contributed by atoms with Crippen LogP contribution in [-0.4, -0.2) is 54.4 Å². The maximum absolute atomic E-state index is 12.7. The topological polar surface area (TPSA) is 85.0 Å². The molecule has 1 heterocycles. The zero-order valence-corrected chi connectivity index (χ0v) is 12.4. The fourth-order valence-corrected chi connectivity index (χ4v) is 2.51. The van der Waals surface area contributed by atoms with E-state index in [0.29, 0.717) is 36.7 Å². The minimum Gasteiger partial charge on any atom is -0.491 e. The van der Waals surface area contributed by atoms with E-state index in [1.54, 1.807) is 23.1 Å². The van der Waals surface area contributed by atoms with E-state index >= 15 is 0 Å². The standard InChI is InChI=1S/C15H22N2O4/c1-3-20-14-12(5-4-6-13(14)16)15(19)17-7-10(2)21-11(8-17)9-18/h4-6,10-11,18H,3,7-9,16H2,1-2H3. The summed E-state index contributed by atoms with van der Waals surface area (Å²) in [6.45, 7) is 4.90. The number of nitrogens with zero attached hydrogens (tertiary/aromatic N) is 1. The molecule has 1 aliphatic heterocycles. The van der Waals surface area contributed by atoms with Gasteiger partial charge in [0.15, 0.2) is 5.75 Å². The van der Waals surface area contributed by atoms with Crippen LogP contribution < -0.4 is 10.5 Å². The molecule has 2 rings (SSSR count). The van der Waals surface area contributed by atoms with Gasteiger partial charge in [-0.1, -0.05) is 6.07 Å². The Bertz CT molecular complexity index is 506. The van der Waals surface area contributed by atoms with Crippen molar-refractivity contribution in [3.05, 3.63) is 23.8 Å². The van der Waals surface area contributed by atoms with Gasteiger partial charge in [0.05, 0.1) is 36.7 Å². The molecular weight excluding hydrogens is 272 g/mol. The van der Waals surface area contributed by atoms with Crippen LogP contribution in [0.25, 0.3) is 0 Å². The van der Waals surface area contributed by atoms with E-state index in [9.17, 15) is 9.90 Å². The van der Waals surface area contributed by atoms with E-state index in [2.05, 4.69) is 0 Å². The highest BCUT2D eigenvalue weighted by Gasteiger charge is 2.30. The molecule has 1 aliphatic rings. The van der Waals surface area contributed by atoms with Gasteiger partial charge in [-0.25, -0.2) is 0 Å². The Kier molecular flexibility index (Phi) is 5.03. The van der Waals surface area contributed by atoms with Crippen LogP contribution in [0.5, 0.6) is 5.75 Å². The number of morpholine rings is 1. The highest BCUT2D eigenvalue weighted by molar-refractivity contribution is 5.98. The van der Waals surface area contributed by atoms with Gasteiger partial charge in [0.1, 0.15) is 0 Å². The molecule has 1 aromatic rings. The second-order valence-corrected chi connectivity index (χ2v) is 5.12. The fourth-order valence-electron chi connectivity index (χ4n) is 2.51. The molecule has 1 fully saturated rings. The smallest absolute Gasteiger partial charge is 0.257 e. The Hall–Kier alpha value is -1.79. The summed E-state index contributed by atoms with van der Waals surface area (Å²) in [5.74, 6) is 0.268. The lowest BCUT2D eigenvalue weighted by Gasteiger charge is -2.36. The lowest BCUT2D eigenvalue weighted by atomic mass is 10.1. The Balaban J connectivity index is 2.25. The predicted molar refractivity (Wildman–Crippen MR) is 79.3 cm³/mol. The Labute approximate surface area is 124 Å². The van der Waals surface area contributed by atoms with Crippen molar-refractivity contribution in [2.24, 2.45) is 0 Å². The van der Waals surface area contributed by atoms with Crippen LogP contribution >= 0.6 is 0 Å². The molecule has 0 saturated carbocycles. The van der Waals surface area contributed by atoms with E-state index in [0.717, 1.165) is 0 Å². The molecule has 2 atom stereocenters. The summed E-state index contributed by atoms with van der Waals surface area (Å²) in [5, 5.41) is 9.25. The first kappa shape index (κ1) is 15.6. The number of benzene rings is 1. The normalized spacial score (nSPS) is 22.1. The van der Waals surface area contributed by atoms with Gasteiger partial charge >= 0.3 is 0 Å². The number of amides is 1. The van der Waals surface area contributed by atoms with Gasteiger partial charge in [-0.15, -0.1) is 0 Å². The van der Waals surface area contributed by atoms with Crippen LogP contribution in [0.3, 0.4) is 0 Å². The number of anilines is 1. The maximum Gasteiger partial charge on any atom is 0.257 e. The number of nitrogen functional groups attached to an aromatic ring is 1. The third kappa shape index (κ3) is 3.46. The molecule has 0 aromatic heterocycles. The van der Waals surface area contributed by atoms with Gasteiger partial charge in [0.2, 0.25) is 0 Å². The van der Waals surface area contributed by atoms with Crippen LogP contribution in [0, 0.1) is 0 Å². The van der Waals surface area contributed by atoms with Crippen molar-refractivity contribution in [3.63, 3.8) is 0 Å². The Morgan fingerprint density at radius 1 is 1.52 bits per heavy atom. The number of aliphatic hydroxyl groups is 1. The molecule has 3 N–H and O–H groups in total. The number of carbonyl (C=O) groups is 1. The summed E-state index contributed by atoms with van der Waals surface area (Å²) in [4.78, 5) is 14.4. The van der Waals surface area contributed by atoms with Crippen LogP contribution in [-0.2, 0) is 4.74 Å². The third-order valence-corrected chi connectivity index (χ3v) is 3.38. The zero-order valence-electron chi connectivity index (χ0n) is 12.4. The fraction of sp³-hybridized carbons (Fsp3) is 0.533. The summed E-state index contributed by atoms with van der Waals surface area (Å²) in [5.41, 5.74) is 6.79. The first-order valence-electron chi connectivity index (χ1n) is 7.13. The van der Waals surface area contributed by atoms with Crippen LogP contribution in [0.15, 0.2) is 18.2 Å². The first-order chi connectivity index (χ1) is 10.1. The maximum atomic E-state index is 12.7. The highest BCUT2D eigenvalue weighted by Crippen LogP contribution is 2.28. The van der Waals surface area contributed by atoms with Crippen LogP contribution in [0.1, 0.15) is 24.2 Å². The van der Waals surface area contributed by atoms with E-state index in [-0.39, 0.29) is 24.7 Å². The number of ether oxygens (including phenoxy) is 2. The molecular formula is C15H22N2O4. The summed E-state index contributed by atoms with van der Waals surface area (Å²) < 4.78 is 11.1. The monoisotopic (exact) mass is 294 g/mol. The number of aliphatic hydroxyl groups excluding tert-OH is 1. The van der Waals surface area contributed by atoms with Gasteiger partial charge < -0.3 is 25.2 Å². The average Bonchev–Trinajstić information content (AvgIpc) is 2.48. The SMILES string of the molecule is CCOc1c(N)cccc1C(=O)N1CC(C)OC(CO)C1. The van der Waals surface area contributed by atoms with Crippen molar-refractivity contribution < 1.29 is 19.4 Å². The Morgan fingerprint density at radius 2 is 2.29 bits per heavy atom. The predicted octanol–water partition coefficient (Wildman–Crippen LogP) is 0.889. The van der Waals surface area contributed by atoms with Gasteiger partial charge in [-0.2, -0.15) is 0 Å². The molecule has 2 unspecified atom stereocenters. The van der Waals surface area contributed by atoms with E-state index in [1.165, 1.54) is 0 Å². The lowest BCUT2D eigenvalue weighted by molar-refractivity contribution is -0.0859. The average molecular weight is 294 g/mol. The second kappa shape index (κ2) is 6.78. The summed E-state index contributed by atoms with van der Waals surface area (Å²) >= 11 is 0. The molecule has 21 heavy (non-hydrogen) atoms.